The summed E-state index contributed by atoms with van der Waals surface area (Å²) in [5.74, 6) is 0. The number of aryl methyl sites for hydroxylation is 1. The number of imidazole rings is 1. The Hall–Kier alpha value is -2.24. The Balaban J connectivity index is 1.27. The lowest BCUT2D eigenvalue weighted by Gasteiger charge is -2.37. The van der Waals surface area contributed by atoms with Crippen LogP contribution in [0.1, 0.15) is 30.7 Å². The van der Waals surface area contributed by atoms with E-state index < -0.39 is 5.60 Å². The summed E-state index contributed by atoms with van der Waals surface area (Å²) in [6.45, 7) is 2.88. The van der Waals surface area contributed by atoms with Gasteiger partial charge in [0.1, 0.15) is 11.2 Å². The van der Waals surface area contributed by atoms with Crippen LogP contribution in [0.15, 0.2) is 55.0 Å². The van der Waals surface area contributed by atoms with Gasteiger partial charge in [0.25, 0.3) is 0 Å². The van der Waals surface area contributed by atoms with Gasteiger partial charge in [-0.2, -0.15) is 0 Å². The molecule has 0 amide bonds. The SMILES string of the molecule is OC1(c2ccccn2)CCN(CCCc2cn3ccccc3n2)CC1. The average molecular weight is 336 g/mol. The summed E-state index contributed by atoms with van der Waals surface area (Å²) in [4.78, 5) is 11.4. The number of nitrogens with zero attached hydrogens (tertiary/aromatic N) is 4. The summed E-state index contributed by atoms with van der Waals surface area (Å²) in [7, 11) is 0. The van der Waals surface area contributed by atoms with E-state index in [4.69, 9.17) is 0 Å². The fourth-order valence-electron chi connectivity index (χ4n) is 3.63. The monoisotopic (exact) mass is 336 g/mol. The number of fused-ring (bicyclic) bond motifs is 1. The highest BCUT2D eigenvalue weighted by Crippen LogP contribution is 2.31. The highest BCUT2D eigenvalue weighted by molar-refractivity contribution is 5.39. The van der Waals surface area contributed by atoms with Crippen molar-refractivity contribution in [1.29, 1.82) is 0 Å². The van der Waals surface area contributed by atoms with Gasteiger partial charge >= 0.3 is 0 Å². The van der Waals surface area contributed by atoms with Gasteiger partial charge in [-0.25, -0.2) is 4.98 Å². The van der Waals surface area contributed by atoms with E-state index in [0.717, 1.165) is 62.4 Å². The second-order valence-electron chi connectivity index (χ2n) is 6.89. The number of hydrogen-bond acceptors (Lipinski definition) is 4. The second-order valence-corrected chi connectivity index (χ2v) is 6.89. The van der Waals surface area contributed by atoms with E-state index in [2.05, 4.69) is 25.5 Å². The van der Waals surface area contributed by atoms with Gasteiger partial charge in [-0.05, 0) is 56.5 Å². The van der Waals surface area contributed by atoms with Crippen LogP contribution in [0.25, 0.3) is 5.65 Å². The van der Waals surface area contributed by atoms with Gasteiger partial charge in [-0.15, -0.1) is 0 Å². The first kappa shape index (κ1) is 16.2. The van der Waals surface area contributed by atoms with Crippen molar-refractivity contribution >= 4 is 5.65 Å². The molecular weight excluding hydrogens is 312 g/mol. The van der Waals surface area contributed by atoms with Crippen LogP contribution in [0.4, 0.5) is 0 Å². The molecule has 3 aromatic rings. The van der Waals surface area contributed by atoms with Crippen LogP contribution in [0.3, 0.4) is 0 Å². The summed E-state index contributed by atoms with van der Waals surface area (Å²) in [5, 5.41) is 10.8. The van der Waals surface area contributed by atoms with Crippen LogP contribution in [0.2, 0.25) is 0 Å². The molecular formula is C20H24N4O. The molecule has 0 spiro atoms. The minimum Gasteiger partial charge on any atom is -0.383 e. The van der Waals surface area contributed by atoms with Crippen LogP contribution in [0.5, 0.6) is 0 Å². The molecule has 4 heterocycles. The molecule has 0 atom stereocenters. The van der Waals surface area contributed by atoms with Crippen molar-refractivity contribution in [2.45, 2.75) is 31.3 Å². The Morgan fingerprint density at radius 3 is 2.68 bits per heavy atom. The lowest BCUT2D eigenvalue weighted by Crippen LogP contribution is -2.43. The summed E-state index contributed by atoms with van der Waals surface area (Å²) >= 11 is 0. The van der Waals surface area contributed by atoms with E-state index in [9.17, 15) is 5.11 Å². The third-order valence-corrected chi connectivity index (χ3v) is 5.15. The number of hydrogen-bond donors (Lipinski definition) is 1. The van der Waals surface area contributed by atoms with Crippen LogP contribution in [-0.4, -0.2) is 44.0 Å². The Bertz CT molecular complexity index is 789. The van der Waals surface area contributed by atoms with Crippen molar-refractivity contribution < 1.29 is 5.11 Å². The quantitative estimate of drug-likeness (QED) is 0.778. The molecule has 1 aliphatic heterocycles. The molecule has 5 nitrogen and oxygen atoms in total. The summed E-state index contributed by atoms with van der Waals surface area (Å²) in [6, 6.07) is 11.8. The van der Waals surface area contributed by atoms with Crippen molar-refractivity contribution in [3.8, 4) is 0 Å². The lowest BCUT2D eigenvalue weighted by atomic mass is 9.87. The zero-order valence-corrected chi connectivity index (χ0v) is 14.4. The van der Waals surface area contributed by atoms with Crippen molar-refractivity contribution in [3.05, 3.63) is 66.4 Å². The zero-order chi connectivity index (χ0) is 17.1. The van der Waals surface area contributed by atoms with Crippen LogP contribution in [0, 0.1) is 0 Å². The Kier molecular flexibility index (Phi) is 4.51. The van der Waals surface area contributed by atoms with Gasteiger partial charge in [0.2, 0.25) is 0 Å². The molecule has 3 aromatic heterocycles. The number of likely N-dealkylation sites (tertiary alicyclic amines) is 1. The lowest BCUT2D eigenvalue weighted by molar-refractivity contribution is -0.0293. The van der Waals surface area contributed by atoms with E-state index in [0.29, 0.717) is 0 Å². The minimum atomic E-state index is -0.765. The zero-order valence-electron chi connectivity index (χ0n) is 14.4. The molecule has 0 radical (unpaired) electrons. The fraction of sp³-hybridized carbons (Fsp3) is 0.400. The Morgan fingerprint density at radius 1 is 1.08 bits per heavy atom. The summed E-state index contributed by atoms with van der Waals surface area (Å²) in [6.07, 6.45) is 9.49. The topological polar surface area (TPSA) is 53.7 Å². The Labute approximate surface area is 148 Å². The normalized spacial score (nSPS) is 17.8. The van der Waals surface area contributed by atoms with E-state index in [1.54, 1.807) is 6.20 Å². The first-order chi connectivity index (χ1) is 12.2. The van der Waals surface area contributed by atoms with Crippen LogP contribution in [-0.2, 0) is 12.0 Å². The molecule has 0 bridgehead atoms. The maximum Gasteiger partial charge on any atom is 0.136 e. The predicted octanol–water partition coefficient (Wildman–Crippen LogP) is 2.65. The van der Waals surface area contributed by atoms with E-state index >= 15 is 0 Å². The first-order valence-corrected chi connectivity index (χ1v) is 9.02. The van der Waals surface area contributed by atoms with Crippen molar-refractivity contribution in [2.24, 2.45) is 0 Å². The van der Waals surface area contributed by atoms with E-state index in [-0.39, 0.29) is 0 Å². The highest BCUT2D eigenvalue weighted by Gasteiger charge is 2.34. The minimum absolute atomic E-state index is 0.748. The van der Waals surface area contributed by atoms with Gasteiger partial charge in [0, 0.05) is 31.7 Å². The number of piperidine rings is 1. The van der Waals surface area contributed by atoms with Gasteiger partial charge in [0.15, 0.2) is 0 Å². The predicted molar refractivity (Wildman–Crippen MR) is 97.3 cm³/mol. The standard InChI is InChI=1S/C20H24N4O/c25-20(18-7-1-3-11-21-18)9-14-23(15-10-20)12-5-6-17-16-24-13-4-2-8-19(24)22-17/h1-4,7-8,11,13,16,25H,5-6,9-10,12,14-15H2. The number of aliphatic hydroxyl groups is 1. The Morgan fingerprint density at radius 2 is 1.92 bits per heavy atom. The summed E-state index contributed by atoms with van der Waals surface area (Å²) < 4.78 is 2.07. The molecule has 4 rings (SSSR count). The number of rotatable bonds is 5. The smallest absolute Gasteiger partial charge is 0.136 e. The molecule has 0 unspecified atom stereocenters. The largest absolute Gasteiger partial charge is 0.383 e. The van der Waals surface area contributed by atoms with Crippen LogP contribution < -0.4 is 0 Å². The number of pyridine rings is 2. The van der Waals surface area contributed by atoms with Crippen molar-refractivity contribution in [1.82, 2.24) is 19.3 Å². The van der Waals surface area contributed by atoms with Crippen molar-refractivity contribution in [2.75, 3.05) is 19.6 Å². The fourth-order valence-corrected chi connectivity index (χ4v) is 3.63. The molecule has 1 aliphatic rings. The second kappa shape index (κ2) is 6.94. The molecule has 130 valence electrons. The molecule has 1 saturated heterocycles. The maximum atomic E-state index is 10.8. The van der Waals surface area contributed by atoms with Gasteiger partial charge in [0.05, 0.1) is 11.4 Å². The molecule has 0 aliphatic carbocycles. The number of aromatic nitrogens is 3. The molecule has 1 N–H and O–H groups in total. The molecule has 0 saturated carbocycles. The van der Waals surface area contributed by atoms with E-state index in [1.165, 1.54) is 0 Å². The van der Waals surface area contributed by atoms with Crippen molar-refractivity contribution in [3.63, 3.8) is 0 Å². The highest BCUT2D eigenvalue weighted by atomic mass is 16.3. The maximum absolute atomic E-state index is 10.8. The van der Waals surface area contributed by atoms with Gasteiger partial charge < -0.3 is 14.4 Å². The van der Waals surface area contributed by atoms with Gasteiger partial charge in [-0.3, -0.25) is 4.98 Å². The molecule has 5 heteroatoms. The molecule has 0 aromatic carbocycles. The van der Waals surface area contributed by atoms with E-state index in [1.807, 2.05) is 42.6 Å². The third kappa shape index (κ3) is 3.57. The molecule has 1 fully saturated rings. The van der Waals surface area contributed by atoms with Gasteiger partial charge in [-0.1, -0.05) is 12.1 Å². The first-order valence-electron chi connectivity index (χ1n) is 9.02. The molecule has 25 heavy (non-hydrogen) atoms. The average Bonchev–Trinajstić information content (AvgIpc) is 3.07. The van der Waals surface area contributed by atoms with Crippen LogP contribution >= 0.6 is 0 Å². The summed E-state index contributed by atoms with van der Waals surface area (Å²) in [5.41, 5.74) is 2.20. The third-order valence-electron chi connectivity index (χ3n) is 5.15.